The second-order valence-corrected chi connectivity index (χ2v) is 5.87. The second kappa shape index (κ2) is 4.87. The Morgan fingerprint density at radius 2 is 2.00 bits per heavy atom. The van der Waals surface area contributed by atoms with E-state index in [1.807, 2.05) is 20.8 Å². The topological polar surface area (TPSA) is 66.4 Å². The SMILES string of the molecule is CC(NC(=O)C(C)(C)C)c1ccsc1C(=O)O. The van der Waals surface area contributed by atoms with Crippen molar-refractivity contribution in [3.05, 3.63) is 21.9 Å². The molecule has 0 radical (unpaired) electrons. The summed E-state index contributed by atoms with van der Waals surface area (Å²) in [6.45, 7) is 7.25. The molecular formula is C12H17NO3S. The maximum absolute atomic E-state index is 11.8. The summed E-state index contributed by atoms with van der Waals surface area (Å²) < 4.78 is 0. The summed E-state index contributed by atoms with van der Waals surface area (Å²) in [5.41, 5.74) is 0.174. The summed E-state index contributed by atoms with van der Waals surface area (Å²) in [6, 6.07) is 1.45. The minimum Gasteiger partial charge on any atom is -0.477 e. The van der Waals surface area contributed by atoms with Gasteiger partial charge in [-0.1, -0.05) is 20.8 Å². The van der Waals surface area contributed by atoms with Gasteiger partial charge in [0.2, 0.25) is 5.91 Å². The van der Waals surface area contributed by atoms with Crippen LogP contribution < -0.4 is 5.32 Å². The molecule has 0 spiro atoms. The van der Waals surface area contributed by atoms with Crippen LogP contribution in [0.1, 0.15) is 49.0 Å². The van der Waals surface area contributed by atoms with E-state index in [0.717, 1.165) is 0 Å². The number of amides is 1. The average molecular weight is 255 g/mol. The van der Waals surface area contributed by atoms with Gasteiger partial charge in [0.15, 0.2) is 0 Å². The molecule has 1 unspecified atom stereocenters. The number of carbonyl (C=O) groups is 2. The zero-order chi connectivity index (χ0) is 13.2. The number of hydrogen-bond donors (Lipinski definition) is 2. The monoisotopic (exact) mass is 255 g/mol. The van der Waals surface area contributed by atoms with Crippen LogP contribution in [0.5, 0.6) is 0 Å². The molecule has 1 rings (SSSR count). The molecule has 0 aromatic carbocycles. The van der Waals surface area contributed by atoms with E-state index >= 15 is 0 Å². The van der Waals surface area contributed by atoms with Crippen LogP contribution in [0.25, 0.3) is 0 Å². The Morgan fingerprint density at radius 1 is 1.41 bits per heavy atom. The number of rotatable bonds is 3. The van der Waals surface area contributed by atoms with E-state index in [-0.39, 0.29) is 16.8 Å². The van der Waals surface area contributed by atoms with E-state index in [4.69, 9.17) is 5.11 Å². The van der Waals surface area contributed by atoms with Gasteiger partial charge in [-0.15, -0.1) is 11.3 Å². The van der Waals surface area contributed by atoms with E-state index in [1.54, 1.807) is 18.4 Å². The molecule has 4 nitrogen and oxygen atoms in total. The van der Waals surface area contributed by atoms with Crippen molar-refractivity contribution in [3.8, 4) is 0 Å². The van der Waals surface area contributed by atoms with Gasteiger partial charge in [0, 0.05) is 5.41 Å². The van der Waals surface area contributed by atoms with Gasteiger partial charge in [0.1, 0.15) is 4.88 Å². The molecule has 0 fully saturated rings. The van der Waals surface area contributed by atoms with Crippen LogP contribution in [0.15, 0.2) is 11.4 Å². The minimum absolute atomic E-state index is 0.0902. The molecule has 0 saturated heterocycles. The molecule has 0 bridgehead atoms. The Balaban J connectivity index is 2.84. The third kappa shape index (κ3) is 3.30. The Bertz CT molecular complexity index is 431. The highest BCUT2D eigenvalue weighted by Crippen LogP contribution is 2.24. The van der Waals surface area contributed by atoms with Gasteiger partial charge in [-0.3, -0.25) is 4.79 Å². The van der Waals surface area contributed by atoms with E-state index in [1.165, 1.54) is 11.3 Å². The van der Waals surface area contributed by atoms with Crippen LogP contribution in [0.2, 0.25) is 0 Å². The van der Waals surface area contributed by atoms with E-state index in [9.17, 15) is 9.59 Å². The summed E-state index contributed by atoms with van der Waals surface area (Å²) in [5.74, 6) is -1.04. The van der Waals surface area contributed by atoms with Crippen LogP contribution in [-0.4, -0.2) is 17.0 Å². The van der Waals surface area contributed by atoms with Gasteiger partial charge >= 0.3 is 5.97 Å². The van der Waals surface area contributed by atoms with Gasteiger partial charge in [0.25, 0.3) is 0 Å². The fraction of sp³-hybridized carbons (Fsp3) is 0.500. The van der Waals surface area contributed by atoms with E-state index < -0.39 is 11.4 Å². The smallest absolute Gasteiger partial charge is 0.346 e. The molecule has 5 heteroatoms. The first kappa shape index (κ1) is 13.7. The molecule has 1 amide bonds. The predicted octanol–water partition coefficient (Wildman–Crippen LogP) is 2.67. The lowest BCUT2D eigenvalue weighted by Crippen LogP contribution is -2.36. The Morgan fingerprint density at radius 3 is 2.47 bits per heavy atom. The molecular weight excluding hydrogens is 238 g/mol. The van der Waals surface area contributed by atoms with Gasteiger partial charge in [-0.05, 0) is 23.9 Å². The number of carboxylic acid groups (broad SMARTS) is 1. The number of aromatic carboxylic acids is 1. The van der Waals surface area contributed by atoms with Gasteiger partial charge < -0.3 is 10.4 Å². The van der Waals surface area contributed by atoms with Crippen molar-refractivity contribution in [1.29, 1.82) is 0 Å². The van der Waals surface area contributed by atoms with Gasteiger partial charge in [-0.2, -0.15) is 0 Å². The van der Waals surface area contributed by atoms with Gasteiger partial charge in [0.05, 0.1) is 6.04 Å². The molecule has 94 valence electrons. The van der Waals surface area contributed by atoms with Crippen LogP contribution in [0, 0.1) is 5.41 Å². The fourth-order valence-electron chi connectivity index (χ4n) is 1.32. The second-order valence-electron chi connectivity index (χ2n) is 4.96. The van der Waals surface area contributed by atoms with Crippen molar-refractivity contribution in [2.45, 2.75) is 33.7 Å². The third-order valence-corrected chi connectivity index (χ3v) is 3.30. The Hall–Kier alpha value is -1.36. The van der Waals surface area contributed by atoms with Crippen LogP contribution in [-0.2, 0) is 4.79 Å². The lowest BCUT2D eigenvalue weighted by Gasteiger charge is -2.21. The van der Waals surface area contributed by atoms with Gasteiger partial charge in [-0.25, -0.2) is 4.79 Å². The van der Waals surface area contributed by atoms with E-state index in [0.29, 0.717) is 5.56 Å². The first-order valence-electron chi connectivity index (χ1n) is 5.35. The average Bonchev–Trinajstić information content (AvgIpc) is 2.63. The first-order chi connectivity index (χ1) is 7.73. The summed E-state index contributed by atoms with van der Waals surface area (Å²) in [5, 5.41) is 13.5. The van der Waals surface area contributed by atoms with Crippen LogP contribution >= 0.6 is 11.3 Å². The Kier molecular flexibility index (Phi) is 3.93. The van der Waals surface area contributed by atoms with Crippen LogP contribution in [0.3, 0.4) is 0 Å². The summed E-state index contributed by atoms with van der Waals surface area (Å²) in [4.78, 5) is 23.0. The van der Waals surface area contributed by atoms with Crippen molar-refractivity contribution in [3.63, 3.8) is 0 Å². The van der Waals surface area contributed by atoms with E-state index in [2.05, 4.69) is 5.32 Å². The maximum atomic E-state index is 11.8. The largest absolute Gasteiger partial charge is 0.477 e. The zero-order valence-electron chi connectivity index (χ0n) is 10.4. The number of carboxylic acids is 1. The highest BCUT2D eigenvalue weighted by Gasteiger charge is 2.25. The highest BCUT2D eigenvalue weighted by atomic mass is 32.1. The Labute approximate surface area is 105 Å². The number of nitrogens with one attached hydrogen (secondary N) is 1. The molecule has 1 aromatic rings. The molecule has 1 atom stereocenters. The number of hydrogen-bond acceptors (Lipinski definition) is 3. The quantitative estimate of drug-likeness (QED) is 0.872. The molecule has 0 aliphatic heterocycles. The molecule has 1 heterocycles. The number of thiophene rings is 1. The molecule has 0 saturated carbocycles. The molecule has 2 N–H and O–H groups in total. The van der Waals surface area contributed by atoms with Crippen LogP contribution in [0.4, 0.5) is 0 Å². The normalized spacial score (nSPS) is 13.2. The summed E-state index contributed by atoms with van der Waals surface area (Å²) in [6.07, 6.45) is 0. The number of carbonyl (C=O) groups excluding carboxylic acids is 1. The molecule has 0 aliphatic rings. The molecule has 17 heavy (non-hydrogen) atoms. The highest BCUT2D eigenvalue weighted by molar-refractivity contribution is 7.12. The zero-order valence-corrected chi connectivity index (χ0v) is 11.2. The van der Waals surface area contributed by atoms with Crippen molar-refractivity contribution in [2.24, 2.45) is 5.41 Å². The molecule has 1 aromatic heterocycles. The standard InChI is InChI=1S/C12H17NO3S/c1-7(13-11(16)12(2,3)4)8-5-6-17-9(8)10(14)15/h5-7H,1-4H3,(H,13,16)(H,14,15). The third-order valence-electron chi connectivity index (χ3n) is 2.39. The fourth-order valence-corrected chi connectivity index (χ4v) is 2.16. The van der Waals surface area contributed by atoms with Crippen molar-refractivity contribution in [2.75, 3.05) is 0 Å². The van der Waals surface area contributed by atoms with Crippen molar-refractivity contribution >= 4 is 23.2 Å². The summed E-state index contributed by atoms with van der Waals surface area (Å²) in [7, 11) is 0. The lowest BCUT2D eigenvalue weighted by molar-refractivity contribution is -0.129. The minimum atomic E-state index is -0.952. The lowest BCUT2D eigenvalue weighted by atomic mass is 9.95. The van der Waals surface area contributed by atoms with Crippen molar-refractivity contribution in [1.82, 2.24) is 5.32 Å². The molecule has 0 aliphatic carbocycles. The summed E-state index contributed by atoms with van der Waals surface area (Å²) >= 11 is 1.17. The predicted molar refractivity (Wildman–Crippen MR) is 67.3 cm³/mol. The first-order valence-corrected chi connectivity index (χ1v) is 6.23. The maximum Gasteiger partial charge on any atom is 0.346 e. The van der Waals surface area contributed by atoms with Crippen molar-refractivity contribution < 1.29 is 14.7 Å².